The molecule has 0 aliphatic carbocycles. The Morgan fingerprint density at radius 2 is 1.03 bits per heavy atom. The minimum atomic E-state index is -4.64. The van der Waals surface area contributed by atoms with Crippen LogP contribution in [0.25, 0.3) is 0 Å². The Morgan fingerprint density at radius 1 is 0.742 bits per heavy atom. The third kappa shape index (κ3) is 7.66. The Morgan fingerprint density at radius 3 is 1.29 bits per heavy atom. The van der Waals surface area contributed by atoms with Crippen LogP contribution >= 0.6 is 15.1 Å². The number of hydrogen-bond acceptors (Lipinski definition) is 2. The van der Waals surface area contributed by atoms with Crippen LogP contribution in [0.3, 0.4) is 0 Å². The first-order valence-electron chi connectivity index (χ1n) is 10.3. The maximum Gasteiger partial charge on any atom is 0.466 e. The second-order valence-corrected chi connectivity index (χ2v) is 12.9. The van der Waals surface area contributed by atoms with Gasteiger partial charge in [0.05, 0.1) is 0 Å². The van der Waals surface area contributed by atoms with Crippen molar-refractivity contribution in [1.29, 1.82) is 0 Å². The van der Waals surface area contributed by atoms with Crippen molar-refractivity contribution < 1.29 is 19.2 Å². The standard InChI is InChI=1S/C24H30NP.H3O4P/c1-21(2)25(3)19-20-26(22-13-7-4-8-14-22,23-15-9-5-10-16-23)24-17-11-6-12-18-24;1-5(2,3)4/h4-18,21,26H,19-20H2,1-3H3;(H3,1,2,3,4). The van der Waals surface area contributed by atoms with Crippen LogP contribution in [0.1, 0.15) is 13.8 Å². The Bertz CT molecular complexity index is 842. The molecule has 0 spiro atoms. The quantitative estimate of drug-likeness (QED) is 0.471. The van der Waals surface area contributed by atoms with Crippen molar-refractivity contribution in [2.24, 2.45) is 0 Å². The Labute approximate surface area is 186 Å². The molecule has 3 N–H and O–H groups in total. The fourth-order valence-corrected chi connectivity index (χ4v) is 8.54. The number of rotatable bonds is 7. The molecule has 31 heavy (non-hydrogen) atoms. The predicted octanol–water partition coefficient (Wildman–Crippen LogP) is 3.12. The number of nitrogens with zero attached hydrogens (tertiary/aromatic N) is 1. The van der Waals surface area contributed by atoms with Crippen LogP contribution in [-0.4, -0.2) is 45.4 Å². The summed E-state index contributed by atoms with van der Waals surface area (Å²) in [6.45, 7) is 5.65. The molecule has 7 heteroatoms. The molecule has 0 bridgehead atoms. The first-order valence-corrected chi connectivity index (χ1v) is 14.1. The smallest absolute Gasteiger partial charge is 0.303 e. The molecule has 0 fully saturated rings. The molecule has 0 aliphatic heterocycles. The SMILES string of the molecule is CC(C)N(C)CC[PH](c1ccccc1)(c1ccccc1)c1ccccc1.O=P(O)(O)O. The van der Waals surface area contributed by atoms with E-state index in [1.54, 1.807) is 0 Å². The normalized spacial score (nSPS) is 12.4. The molecule has 0 radical (unpaired) electrons. The van der Waals surface area contributed by atoms with E-state index in [4.69, 9.17) is 19.2 Å². The summed E-state index contributed by atoms with van der Waals surface area (Å²) in [6.07, 6.45) is 1.18. The fraction of sp³-hybridized carbons (Fsp3) is 0.250. The molecular weight excluding hydrogens is 428 g/mol. The maximum absolute atomic E-state index is 8.88. The van der Waals surface area contributed by atoms with Crippen molar-refractivity contribution >= 4 is 31.0 Å². The zero-order chi connectivity index (χ0) is 22.9. The number of benzene rings is 3. The third-order valence-electron chi connectivity index (χ3n) is 5.52. The van der Waals surface area contributed by atoms with E-state index in [9.17, 15) is 0 Å². The zero-order valence-electron chi connectivity index (χ0n) is 18.3. The molecule has 5 nitrogen and oxygen atoms in total. The van der Waals surface area contributed by atoms with Crippen molar-refractivity contribution in [1.82, 2.24) is 4.90 Å². The topological polar surface area (TPSA) is 81.0 Å². The Kier molecular flexibility index (Phi) is 9.58. The summed E-state index contributed by atoms with van der Waals surface area (Å²) < 4.78 is 8.88. The molecule has 0 heterocycles. The summed E-state index contributed by atoms with van der Waals surface area (Å²) in [5, 5.41) is 4.48. The van der Waals surface area contributed by atoms with Crippen LogP contribution in [0.5, 0.6) is 0 Å². The Hall–Kier alpha value is -1.84. The van der Waals surface area contributed by atoms with Gasteiger partial charge in [-0.2, -0.15) is 0 Å². The van der Waals surface area contributed by atoms with Crippen molar-refractivity contribution in [3.63, 3.8) is 0 Å². The Balaban J connectivity index is 0.000000614. The average Bonchev–Trinajstić information content (AvgIpc) is 2.75. The predicted molar refractivity (Wildman–Crippen MR) is 133 cm³/mol. The van der Waals surface area contributed by atoms with Crippen molar-refractivity contribution in [3.05, 3.63) is 91.0 Å². The van der Waals surface area contributed by atoms with Crippen LogP contribution in [0, 0.1) is 0 Å². The summed E-state index contributed by atoms with van der Waals surface area (Å²) in [6, 6.07) is 34.1. The molecule has 0 saturated heterocycles. The van der Waals surface area contributed by atoms with Gasteiger partial charge in [0.2, 0.25) is 0 Å². The van der Waals surface area contributed by atoms with E-state index < -0.39 is 15.1 Å². The van der Waals surface area contributed by atoms with Crippen LogP contribution in [0.2, 0.25) is 0 Å². The van der Waals surface area contributed by atoms with Crippen LogP contribution in [0.15, 0.2) is 91.0 Å². The van der Waals surface area contributed by atoms with Crippen LogP contribution < -0.4 is 15.9 Å². The first kappa shape index (κ1) is 25.4. The van der Waals surface area contributed by atoms with Gasteiger partial charge in [0.25, 0.3) is 0 Å². The van der Waals surface area contributed by atoms with E-state index in [1.165, 1.54) is 22.1 Å². The monoisotopic (exact) mass is 461 g/mol. The number of hydrogen-bond donors (Lipinski definition) is 3. The molecule has 0 unspecified atom stereocenters. The van der Waals surface area contributed by atoms with Gasteiger partial charge in [0.1, 0.15) is 0 Å². The van der Waals surface area contributed by atoms with E-state index in [-0.39, 0.29) is 0 Å². The second-order valence-electron chi connectivity index (χ2n) is 7.84. The largest absolute Gasteiger partial charge is 0.466 e. The summed E-state index contributed by atoms with van der Waals surface area (Å²) in [5.41, 5.74) is 0. The van der Waals surface area contributed by atoms with Crippen molar-refractivity contribution in [3.8, 4) is 0 Å². The van der Waals surface area contributed by atoms with Gasteiger partial charge in [-0.3, -0.25) is 0 Å². The van der Waals surface area contributed by atoms with E-state index in [0.29, 0.717) is 6.04 Å². The molecule has 0 atom stereocenters. The molecule has 0 saturated carbocycles. The van der Waals surface area contributed by atoms with Gasteiger partial charge in [-0.05, 0) is 0 Å². The average molecular weight is 461 g/mol. The first-order chi connectivity index (χ1) is 14.6. The minimum absolute atomic E-state index is 0.559. The molecule has 0 aliphatic rings. The maximum atomic E-state index is 8.88. The fourth-order valence-electron chi connectivity index (χ4n) is 3.70. The summed E-state index contributed by atoms with van der Waals surface area (Å²) in [4.78, 5) is 24.0. The van der Waals surface area contributed by atoms with E-state index in [1.807, 2.05) is 0 Å². The van der Waals surface area contributed by atoms with Crippen LogP contribution in [-0.2, 0) is 4.57 Å². The summed E-state index contributed by atoms with van der Waals surface area (Å²) in [5.74, 6) is 0. The summed E-state index contributed by atoms with van der Waals surface area (Å²) >= 11 is 0. The van der Waals surface area contributed by atoms with Gasteiger partial charge < -0.3 is 14.7 Å². The molecule has 3 rings (SSSR count). The molecule has 168 valence electrons. The van der Waals surface area contributed by atoms with Gasteiger partial charge >= 0.3 is 167 Å². The van der Waals surface area contributed by atoms with E-state index >= 15 is 0 Å². The third-order valence-corrected chi connectivity index (χ3v) is 10.5. The minimum Gasteiger partial charge on any atom is -0.303 e. The summed E-state index contributed by atoms with van der Waals surface area (Å²) in [7, 11) is -4.47. The molecule has 0 aromatic heterocycles. The van der Waals surface area contributed by atoms with Gasteiger partial charge in [0.15, 0.2) is 0 Å². The second kappa shape index (κ2) is 11.7. The van der Waals surface area contributed by atoms with E-state index in [2.05, 4.69) is 117 Å². The van der Waals surface area contributed by atoms with Gasteiger partial charge in [0, 0.05) is 0 Å². The molecular formula is C24H33NO4P2. The zero-order valence-corrected chi connectivity index (χ0v) is 20.2. The van der Waals surface area contributed by atoms with Gasteiger partial charge in [-0.25, -0.2) is 4.57 Å². The van der Waals surface area contributed by atoms with Gasteiger partial charge in [-0.1, -0.05) is 0 Å². The van der Waals surface area contributed by atoms with Crippen LogP contribution in [0.4, 0.5) is 0 Å². The molecule has 3 aromatic rings. The molecule has 3 aromatic carbocycles. The number of phosphoric acid groups is 1. The van der Waals surface area contributed by atoms with Crippen molar-refractivity contribution in [2.45, 2.75) is 19.9 Å². The van der Waals surface area contributed by atoms with Crippen molar-refractivity contribution in [2.75, 3.05) is 19.8 Å². The van der Waals surface area contributed by atoms with E-state index in [0.717, 1.165) is 6.54 Å². The van der Waals surface area contributed by atoms with Gasteiger partial charge in [-0.15, -0.1) is 0 Å². The molecule has 0 amide bonds.